The summed E-state index contributed by atoms with van der Waals surface area (Å²) in [6.45, 7) is 6.42. The van der Waals surface area contributed by atoms with Gasteiger partial charge >= 0.3 is 0 Å². The molecular weight excluding hydrogens is 364 g/mol. The summed E-state index contributed by atoms with van der Waals surface area (Å²) in [6.07, 6.45) is 5.23. The van der Waals surface area contributed by atoms with Crippen molar-refractivity contribution in [1.82, 2.24) is 9.97 Å². The van der Waals surface area contributed by atoms with Crippen molar-refractivity contribution in [3.05, 3.63) is 77.9 Å². The summed E-state index contributed by atoms with van der Waals surface area (Å²) in [7, 11) is 0. The molecule has 1 aliphatic heterocycles. The number of aliphatic imine (C=N–C) groups is 1. The fourth-order valence-corrected chi connectivity index (χ4v) is 3.59. The first-order chi connectivity index (χ1) is 14.0. The standard InChI is InChI=1S/C23H24N4O2/c1-15(2)29-21-8-7-20(9-16(21)3)23(13-28-22(24)27-23)19-6-4-5-17(10-19)18-11-25-14-26-12-18/h4-12,14-15H,13H2,1-3H3,(H2,24,27). The van der Waals surface area contributed by atoms with Gasteiger partial charge < -0.3 is 15.2 Å². The van der Waals surface area contributed by atoms with Crippen molar-refractivity contribution in [1.29, 1.82) is 0 Å². The average molecular weight is 388 g/mol. The molecule has 1 unspecified atom stereocenters. The zero-order chi connectivity index (χ0) is 20.4. The van der Waals surface area contributed by atoms with E-state index < -0.39 is 5.54 Å². The van der Waals surface area contributed by atoms with Crippen LogP contribution in [0.25, 0.3) is 11.1 Å². The highest BCUT2D eigenvalue weighted by atomic mass is 16.5. The van der Waals surface area contributed by atoms with Crippen molar-refractivity contribution in [3.63, 3.8) is 0 Å². The third kappa shape index (κ3) is 3.66. The van der Waals surface area contributed by atoms with Crippen LogP contribution >= 0.6 is 0 Å². The van der Waals surface area contributed by atoms with Crippen LogP contribution in [-0.4, -0.2) is 28.7 Å². The van der Waals surface area contributed by atoms with Crippen LogP contribution in [0, 0.1) is 6.92 Å². The molecule has 4 rings (SSSR count). The molecule has 6 nitrogen and oxygen atoms in total. The summed E-state index contributed by atoms with van der Waals surface area (Å²) >= 11 is 0. The van der Waals surface area contributed by atoms with E-state index in [1.54, 1.807) is 12.4 Å². The second-order valence-corrected chi connectivity index (χ2v) is 7.45. The number of rotatable bonds is 5. The van der Waals surface area contributed by atoms with Crippen LogP contribution < -0.4 is 10.5 Å². The Hall–Kier alpha value is -3.41. The SMILES string of the molecule is Cc1cc(C2(c3cccc(-c4cncnc4)c3)COC(N)=N2)ccc1OC(C)C. The Labute approximate surface area is 170 Å². The van der Waals surface area contributed by atoms with Gasteiger partial charge in [-0.05, 0) is 61.2 Å². The molecule has 1 atom stereocenters. The fourth-order valence-electron chi connectivity index (χ4n) is 3.59. The third-order valence-electron chi connectivity index (χ3n) is 4.98. The first kappa shape index (κ1) is 18.9. The predicted octanol–water partition coefficient (Wildman–Crippen LogP) is 3.83. The minimum atomic E-state index is -0.711. The number of nitrogens with two attached hydrogens (primary N) is 1. The minimum Gasteiger partial charge on any atom is -0.491 e. The lowest BCUT2D eigenvalue weighted by Gasteiger charge is -2.27. The van der Waals surface area contributed by atoms with Crippen LogP contribution in [0.15, 0.2) is 66.2 Å². The summed E-state index contributed by atoms with van der Waals surface area (Å²) in [5.41, 5.74) is 10.2. The number of amidine groups is 1. The fraction of sp³-hybridized carbons (Fsp3) is 0.261. The lowest BCUT2D eigenvalue weighted by atomic mass is 9.82. The van der Waals surface area contributed by atoms with E-state index in [1.165, 1.54) is 6.33 Å². The lowest BCUT2D eigenvalue weighted by Crippen LogP contribution is -2.27. The van der Waals surface area contributed by atoms with Crippen molar-refractivity contribution < 1.29 is 9.47 Å². The Morgan fingerprint density at radius 2 is 1.79 bits per heavy atom. The predicted molar refractivity (Wildman–Crippen MR) is 113 cm³/mol. The van der Waals surface area contributed by atoms with E-state index in [1.807, 2.05) is 51.1 Å². The Bertz CT molecular complexity index is 1050. The molecule has 2 N–H and O–H groups in total. The van der Waals surface area contributed by atoms with E-state index in [2.05, 4.69) is 22.1 Å². The van der Waals surface area contributed by atoms with Crippen molar-refractivity contribution >= 4 is 6.02 Å². The summed E-state index contributed by atoms with van der Waals surface area (Å²) in [5.74, 6) is 0.866. The van der Waals surface area contributed by atoms with Gasteiger partial charge in [0.2, 0.25) is 0 Å². The number of ether oxygens (including phenoxy) is 2. The average Bonchev–Trinajstić information content (AvgIpc) is 3.13. The van der Waals surface area contributed by atoms with Gasteiger partial charge in [0.05, 0.1) is 6.10 Å². The van der Waals surface area contributed by atoms with Gasteiger partial charge in [-0.25, -0.2) is 15.0 Å². The van der Waals surface area contributed by atoms with Gasteiger partial charge in [0.25, 0.3) is 6.02 Å². The summed E-state index contributed by atoms with van der Waals surface area (Å²) in [4.78, 5) is 13.0. The number of aryl methyl sites for hydroxylation is 1. The first-order valence-electron chi connectivity index (χ1n) is 9.60. The molecule has 0 aliphatic carbocycles. The van der Waals surface area contributed by atoms with Crippen molar-refractivity contribution in [2.45, 2.75) is 32.4 Å². The second kappa shape index (κ2) is 7.54. The summed E-state index contributed by atoms with van der Waals surface area (Å²) in [5, 5.41) is 0. The molecule has 0 bridgehead atoms. The summed E-state index contributed by atoms with van der Waals surface area (Å²) < 4.78 is 11.5. The molecule has 6 heteroatoms. The molecule has 0 amide bonds. The van der Waals surface area contributed by atoms with Gasteiger partial charge in [-0.15, -0.1) is 0 Å². The number of hydrogen-bond acceptors (Lipinski definition) is 6. The van der Waals surface area contributed by atoms with Crippen molar-refractivity contribution in [2.24, 2.45) is 10.7 Å². The van der Waals surface area contributed by atoms with Gasteiger partial charge in [-0.3, -0.25) is 0 Å². The maximum absolute atomic E-state index is 5.95. The summed E-state index contributed by atoms with van der Waals surface area (Å²) in [6, 6.07) is 14.5. The number of aromatic nitrogens is 2. The number of nitrogens with zero attached hydrogens (tertiary/aromatic N) is 3. The van der Waals surface area contributed by atoms with Crippen LogP contribution in [0.3, 0.4) is 0 Å². The first-order valence-corrected chi connectivity index (χ1v) is 9.60. The Kier molecular flexibility index (Phi) is 4.92. The number of benzene rings is 2. The van der Waals surface area contributed by atoms with Gasteiger partial charge in [0, 0.05) is 18.0 Å². The topological polar surface area (TPSA) is 82.6 Å². The minimum absolute atomic E-state index is 0.113. The van der Waals surface area contributed by atoms with Gasteiger partial charge in [0.15, 0.2) is 5.54 Å². The number of hydrogen-bond donors (Lipinski definition) is 1. The van der Waals surface area contributed by atoms with Gasteiger partial charge in [-0.1, -0.05) is 24.3 Å². The van der Waals surface area contributed by atoms with Crippen LogP contribution in [0.2, 0.25) is 0 Å². The molecule has 148 valence electrons. The van der Waals surface area contributed by atoms with E-state index in [4.69, 9.17) is 20.2 Å². The van der Waals surface area contributed by atoms with Gasteiger partial charge in [0.1, 0.15) is 18.7 Å². The Morgan fingerprint density at radius 3 is 2.45 bits per heavy atom. The largest absolute Gasteiger partial charge is 0.491 e. The zero-order valence-electron chi connectivity index (χ0n) is 16.8. The molecule has 2 heterocycles. The zero-order valence-corrected chi connectivity index (χ0v) is 16.8. The van der Waals surface area contributed by atoms with Gasteiger partial charge in [-0.2, -0.15) is 0 Å². The maximum atomic E-state index is 5.95. The molecule has 2 aromatic carbocycles. The lowest BCUT2D eigenvalue weighted by molar-refractivity contribution is 0.240. The molecule has 1 aliphatic rings. The highest BCUT2D eigenvalue weighted by Crippen LogP contribution is 2.40. The molecule has 3 aromatic rings. The van der Waals surface area contributed by atoms with Crippen molar-refractivity contribution in [2.75, 3.05) is 6.61 Å². The molecule has 0 saturated heterocycles. The van der Waals surface area contributed by atoms with E-state index in [0.29, 0.717) is 6.61 Å². The molecule has 0 saturated carbocycles. The highest BCUT2D eigenvalue weighted by Gasteiger charge is 2.40. The van der Waals surface area contributed by atoms with E-state index >= 15 is 0 Å². The normalized spacial score (nSPS) is 18.4. The molecule has 0 fully saturated rings. The molecule has 0 radical (unpaired) electrons. The Balaban J connectivity index is 1.81. The van der Waals surface area contributed by atoms with E-state index in [-0.39, 0.29) is 12.1 Å². The van der Waals surface area contributed by atoms with Crippen LogP contribution in [0.1, 0.15) is 30.5 Å². The van der Waals surface area contributed by atoms with Crippen LogP contribution in [0.5, 0.6) is 5.75 Å². The maximum Gasteiger partial charge on any atom is 0.283 e. The third-order valence-corrected chi connectivity index (χ3v) is 4.98. The monoisotopic (exact) mass is 388 g/mol. The molecule has 0 spiro atoms. The second-order valence-electron chi connectivity index (χ2n) is 7.45. The van der Waals surface area contributed by atoms with Crippen molar-refractivity contribution in [3.8, 4) is 16.9 Å². The van der Waals surface area contributed by atoms with E-state index in [0.717, 1.165) is 33.6 Å². The Morgan fingerprint density at radius 1 is 1.03 bits per heavy atom. The van der Waals surface area contributed by atoms with Crippen LogP contribution in [0.4, 0.5) is 0 Å². The van der Waals surface area contributed by atoms with E-state index in [9.17, 15) is 0 Å². The smallest absolute Gasteiger partial charge is 0.283 e. The molecule has 1 aromatic heterocycles. The van der Waals surface area contributed by atoms with Crippen LogP contribution in [-0.2, 0) is 10.3 Å². The quantitative estimate of drug-likeness (QED) is 0.718. The molecule has 29 heavy (non-hydrogen) atoms. The molecular formula is C23H24N4O2. The highest BCUT2D eigenvalue weighted by molar-refractivity contribution is 5.76.